The number of hydrogen-bond acceptors (Lipinski definition) is 5. The fourth-order valence-electron chi connectivity index (χ4n) is 5.86. The molecule has 2 aliphatic heterocycles. The number of fused-ring (bicyclic) bond motifs is 3. The van der Waals surface area contributed by atoms with Gasteiger partial charge in [-0.25, -0.2) is 18.0 Å². The summed E-state index contributed by atoms with van der Waals surface area (Å²) in [7, 11) is 0. The first-order chi connectivity index (χ1) is 18.9. The van der Waals surface area contributed by atoms with E-state index in [9.17, 15) is 18.0 Å². The van der Waals surface area contributed by atoms with Crippen LogP contribution >= 0.6 is 0 Å². The third kappa shape index (κ3) is 4.25. The Morgan fingerprint density at radius 1 is 0.949 bits per heavy atom. The molecule has 2 aliphatic rings. The van der Waals surface area contributed by atoms with Crippen molar-refractivity contribution >= 4 is 27.6 Å². The van der Waals surface area contributed by atoms with Crippen molar-refractivity contribution < 1.29 is 17.9 Å². The number of aromatic amines is 2. The smallest absolute Gasteiger partial charge is 0.323 e. The van der Waals surface area contributed by atoms with E-state index in [1.54, 1.807) is 12.3 Å². The average Bonchev–Trinajstić information content (AvgIpc) is 3.32. The first kappa shape index (κ1) is 23.9. The standard InChI is InChI=1S/C29H24F3N5O2/c30-18-7-17(8-19(31)12-18)21-13-34-23-2-1-15(16-10-22(32)27-25(11-16)35-29(38)36-27)9-20(23)28(21)37-5-3-24-26(14-37)39-6-4-33-24/h1-2,7-13,24,26,33H,3-6,14H2,(H2,35,36,38). The van der Waals surface area contributed by atoms with Gasteiger partial charge in [0.15, 0.2) is 0 Å². The predicted octanol–water partition coefficient (Wildman–Crippen LogP) is 4.72. The first-order valence-electron chi connectivity index (χ1n) is 12.8. The van der Waals surface area contributed by atoms with Crippen LogP contribution in [0.5, 0.6) is 0 Å². The molecule has 0 spiro atoms. The summed E-state index contributed by atoms with van der Waals surface area (Å²) in [4.78, 5) is 23.6. The highest BCUT2D eigenvalue weighted by Gasteiger charge is 2.33. The van der Waals surface area contributed by atoms with Gasteiger partial charge in [-0.3, -0.25) is 4.98 Å². The fraction of sp³-hybridized carbons (Fsp3) is 0.241. The summed E-state index contributed by atoms with van der Waals surface area (Å²) in [5.41, 5.74) is 3.73. The van der Waals surface area contributed by atoms with Crippen molar-refractivity contribution in [2.45, 2.75) is 18.6 Å². The molecule has 7 rings (SSSR count). The number of rotatable bonds is 3. The van der Waals surface area contributed by atoms with E-state index in [1.807, 2.05) is 18.2 Å². The summed E-state index contributed by atoms with van der Waals surface area (Å²) in [5, 5.41) is 4.28. The van der Waals surface area contributed by atoms with Crippen LogP contribution in [0.2, 0.25) is 0 Å². The monoisotopic (exact) mass is 531 g/mol. The maximum Gasteiger partial charge on any atom is 0.323 e. The van der Waals surface area contributed by atoms with Crippen LogP contribution in [0.3, 0.4) is 0 Å². The van der Waals surface area contributed by atoms with Gasteiger partial charge in [-0.15, -0.1) is 0 Å². The first-order valence-corrected chi connectivity index (χ1v) is 12.8. The summed E-state index contributed by atoms with van der Waals surface area (Å²) in [6, 6.07) is 12.4. The highest BCUT2D eigenvalue weighted by atomic mass is 19.1. The molecule has 0 bridgehead atoms. The Morgan fingerprint density at radius 3 is 2.64 bits per heavy atom. The molecule has 2 aromatic heterocycles. The van der Waals surface area contributed by atoms with Gasteiger partial charge in [0.1, 0.15) is 23.0 Å². The molecule has 0 radical (unpaired) electrons. The van der Waals surface area contributed by atoms with Crippen LogP contribution in [0.1, 0.15) is 6.42 Å². The van der Waals surface area contributed by atoms with Crippen LogP contribution in [0.25, 0.3) is 44.2 Å². The SMILES string of the molecule is O=c1[nH]c2cc(-c3ccc4ncc(-c5cc(F)cc(F)c5)c(N5CCC6NCCOC6C5)c4c3)cc(F)c2[nH]1. The van der Waals surface area contributed by atoms with Gasteiger partial charge in [0.25, 0.3) is 0 Å². The summed E-state index contributed by atoms with van der Waals surface area (Å²) >= 11 is 0. The van der Waals surface area contributed by atoms with E-state index >= 15 is 0 Å². The number of pyridine rings is 1. The van der Waals surface area contributed by atoms with Gasteiger partial charge in [0.05, 0.1) is 29.4 Å². The highest BCUT2D eigenvalue weighted by molar-refractivity contribution is 6.02. The molecule has 39 heavy (non-hydrogen) atoms. The minimum atomic E-state index is -0.674. The Bertz CT molecular complexity index is 1780. The molecule has 4 heterocycles. The van der Waals surface area contributed by atoms with Gasteiger partial charge >= 0.3 is 5.69 Å². The molecule has 198 valence electrons. The average molecular weight is 532 g/mol. The van der Waals surface area contributed by atoms with Crippen molar-refractivity contribution in [1.82, 2.24) is 20.3 Å². The van der Waals surface area contributed by atoms with Crippen molar-refractivity contribution in [3.63, 3.8) is 0 Å². The summed E-state index contributed by atoms with van der Waals surface area (Å²) in [5.74, 6) is -1.90. The second-order valence-corrected chi connectivity index (χ2v) is 10.1. The van der Waals surface area contributed by atoms with Crippen molar-refractivity contribution in [3.8, 4) is 22.3 Å². The van der Waals surface area contributed by atoms with E-state index in [4.69, 9.17) is 4.74 Å². The molecule has 5 aromatic rings. The highest BCUT2D eigenvalue weighted by Crippen LogP contribution is 2.40. The maximum absolute atomic E-state index is 14.8. The Hall–Kier alpha value is -4.15. The second-order valence-electron chi connectivity index (χ2n) is 10.1. The normalized spacial score (nSPS) is 19.5. The molecule has 0 aliphatic carbocycles. The topological polar surface area (TPSA) is 86.0 Å². The van der Waals surface area contributed by atoms with Gasteiger partial charge in [-0.1, -0.05) is 6.07 Å². The minimum absolute atomic E-state index is 0.0297. The van der Waals surface area contributed by atoms with Crippen molar-refractivity contribution in [1.29, 1.82) is 0 Å². The fourth-order valence-corrected chi connectivity index (χ4v) is 5.86. The Morgan fingerprint density at radius 2 is 1.79 bits per heavy atom. The Balaban J connectivity index is 1.43. The lowest BCUT2D eigenvalue weighted by molar-refractivity contribution is -0.00896. The van der Waals surface area contributed by atoms with E-state index in [0.717, 1.165) is 30.1 Å². The van der Waals surface area contributed by atoms with Crippen LogP contribution in [0.15, 0.2) is 59.5 Å². The predicted molar refractivity (Wildman–Crippen MR) is 143 cm³/mol. The minimum Gasteiger partial charge on any atom is -0.373 e. The number of anilines is 1. The number of halogens is 3. The lowest BCUT2D eigenvalue weighted by Crippen LogP contribution is -2.57. The lowest BCUT2D eigenvalue weighted by Gasteiger charge is -2.43. The third-order valence-electron chi connectivity index (χ3n) is 7.64. The lowest BCUT2D eigenvalue weighted by atomic mass is 9.94. The van der Waals surface area contributed by atoms with E-state index in [-0.39, 0.29) is 17.7 Å². The van der Waals surface area contributed by atoms with Crippen LogP contribution in [0, 0.1) is 17.5 Å². The molecule has 0 amide bonds. The number of ether oxygens (including phenoxy) is 1. The molecule has 7 nitrogen and oxygen atoms in total. The molecule has 2 saturated heterocycles. The van der Waals surface area contributed by atoms with E-state index < -0.39 is 23.1 Å². The molecule has 2 atom stereocenters. The number of aromatic nitrogens is 3. The maximum atomic E-state index is 14.8. The van der Waals surface area contributed by atoms with Crippen molar-refractivity contribution in [2.24, 2.45) is 0 Å². The summed E-state index contributed by atoms with van der Waals surface area (Å²) in [6.45, 7) is 2.73. The number of H-pyrrole nitrogens is 2. The molecular weight excluding hydrogens is 507 g/mol. The summed E-state index contributed by atoms with van der Waals surface area (Å²) < 4.78 is 49.5. The molecule has 3 N–H and O–H groups in total. The number of benzene rings is 3. The van der Waals surface area contributed by atoms with Crippen LogP contribution in [0.4, 0.5) is 18.9 Å². The molecule has 2 fully saturated rings. The van der Waals surface area contributed by atoms with Gasteiger partial charge < -0.3 is 24.9 Å². The number of hydrogen-bond donors (Lipinski definition) is 3. The molecular formula is C29H24F3N5O2. The largest absolute Gasteiger partial charge is 0.373 e. The van der Waals surface area contributed by atoms with Crippen molar-refractivity contribution in [2.75, 3.05) is 31.1 Å². The van der Waals surface area contributed by atoms with Gasteiger partial charge in [0, 0.05) is 48.9 Å². The zero-order chi connectivity index (χ0) is 26.7. The number of nitrogens with one attached hydrogen (secondary N) is 3. The zero-order valence-corrected chi connectivity index (χ0v) is 20.7. The van der Waals surface area contributed by atoms with Gasteiger partial charge in [0.2, 0.25) is 0 Å². The van der Waals surface area contributed by atoms with Crippen LogP contribution in [-0.4, -0.2) is 53.3 Å². The summed E-state index contributed by atoms with van der Waals surface area (Å²) in [6.07, 6.45) is 2.46. The molecule has 2 unspecified atom stereocenters. The quantitative estimate of drug-likeness (QED) is 0.314. The second kappa shape index (κ2) is 9.25. The number of imidazole rings is 1. The van der Waals surface area contributed by atoms with Gasteiger partial charge in [-0.05, 0) is 59.5 Å². The van der Waals surface area contributed by atoms with Crippen molar-refractivity contribution in [3.05, 3.63) is 82.7 Å². The number of morpholine rings is 1. The number of nitrogens with zero attached hydrogens (tertiary/aromatic N) is 2. The third-order valence-corrected chi connectivity index (χ3v) is 7.64. The molecule has 3 aromatic carbocycles. The van der Waals surface area contributed by atoms with Crippen LogP contribution in [-0.2, 0) is 4.74 Å². The van der Waals surface area contributed by atoms with E-state index in [1.165, 1.54) is 18.2 Å². The molecule has 10 heteroatoms. The number of piperidine rings is 1. The van der Waals surface area contributed by atoms with E-state index in [0.29, 0.717) is 53.0 Å². The van der Waals surface area contributed by atoms with Gasteiger partial charge in [-0.2, -0.15) is 0 Å². The Labute approximate surface area is 220 Å². The zero-order valence-electron chi connectivity index (χ0n) is 20.7. The van der Waals surface area contributed by atoms with E-state index in [2.05, 4.69) is 25.2 Å². The van der Waals surface area contributed by atoms with Crippen LogP contribution < -0.4 is 15.9 Å². The molecule has 0 saturated carbocycles. The Kier molecular flexibility index (Phi) is 5.67.